The lowest BCUT2D eigenvalue weighted by Gasteiger charge is -2.37. The summed E-state index contributed by atoms with van der Waals surface area (Å²) in [5.74, 6) is 1.04. The Balaban J connectivity index is 2.19. The molecule has 4 heteroatoms. The highest BCUT2D eigenvalue weighted by atomic mass is 32.2. The molecule has 1 atom stereocenters. The van der Waals surface area contributed by atoms with Crippen molar-refractivity contribution in [1.29, 1.82) is 0 Å². The molecule has 0 bridgehead atoms. The van der Waals surface area contributed by atoms with Gasteiger partial charge in [0.2, 0.25) is 0 Å². The van der Waals surface area contributed by atoms with E-state index in [0.717, 1.165) is 12.0 Å². The molecule has 1 aromatic rings. The largest absolute Gasteiger partial charge is 0.303 e. The van der Waals surface area contributed by atoms with Crippen LogP contribution in [0.15, 0.2) is 24.3 Å². The Bertz CT molecular complexity index is 559. The van der Waals surface area contributed by atoms with Gasteiger partial charge in [0.1, 0.15) is 0 Å². The van der Waals surface area contributed by atoms with Crippen LogP contribution >= 0.6 is 0 Å². The molecular formula is C16H25NO2S. The smallest absolute Gasteiger partial charge is 0.153 e. The lowest BCUT2D eigenvalue weighted by Crippen LogP contribution is -2.54. The van der Waals surface area contributed by atoms with Crippen molar-refractivity contribution in [3.63, 3.8) is 0 Å². The van der Waals surface area contributed by atoms with Crippen molar-refractivity contribution in [2.45, 2.75) is 45.7 Å². The highest BCUT2D eigenvalue weighted by Crippen LogP contribution is 2.26. The minimum atomic E-state index is -2.98. The average Bonchev–Trinajstić information content (AvgIpc) is 2.24. The molecule has 0 amide bonds. The molecule has 1 fully saturated rings. The number of sulfone groups is 1. The minimum Gasteiger partial charge on any atom is -0.303 e. The third-order valence-electron chi connectivity index (χ3n) is 3.59. The normalized spacial score (nSPS) is 24.8. The van der Waals surface area contributed by atoms with Crippen LogP contribution in [0.25, 0.3) is 0 Å². The van der Waals surface area contributed by atoms with Crippen LogP contribution in [0.3, 0.4) is 0 Å². The van der Waals surface area contributed by atoms with Crippen molar-refractivity contribution in [3.8, 4) is 0 Å². The van der Waals surface area contributed by atoms with Gasteiger partial charge in [0.25, 0.3) is 0 Å². The van der Waals surface area contributed by atoms with E-state index in [0.29, 0.717) is 5.92 Å². The van der Waals surface area contributed by atoms with Crippen molar-refractivity contribution in [3.05, 3.63) is 35.4 Å². The third kappa shape index (κ3) is 4.06. The first kappa shape index (κ1) is 15.5. The van der Waals surface area contributed by atoms with Crippen LogP contribution in [-0.4, -0.2) is 25.5 Å². The van der Waals surface area contributed by atoms with Crippen molar-refractivity contribution >= 4 is 9.84 Å². The Morgan fingerprint density at radius 2 is 1.85 bits per heavy atom. The summed E-state index contributed by atoms with van der Waals surface area (Å²) in [6.07, 6.45) is 1.06. The van der Waals surface area contributed by atoms with Gasteiger partial charge in [-0.15, -0.1) is 0 Å². The Morgan fingerprint density at radius 3 is 2.35 bits per heavy atom. The van der Waals surface area contributed by atoms with E-state index in [9.17, 15) is 8.42 Å². The van der Waals surface area contributed by atoms with Gasteiger partial charge in [0.15, 0.2) is 9.84 Å². The van der Waals surface area contributed by atoms with Crippen LogP contribution in [0, 0.1) is 5.92 Å². The van der Waals surface area contributed by atoms with Gasteiger partial charge in [-0.05, 0) is 37.3 Å². The number of rotatable bonds is 3. The van der Waals surface area contributed by atoms with Gasteiger partial charge in [-0.3, -0.25) is 0 Å². The van der Waals surface area contributed by atoms with Gasteiger partial charge in [-0.1, -0.05) is 38.1 Å². The fraction of sp³-hybridized carbons (Fsp3) is 0.625. The third-order valence-corrected chi connectivity index (χ3v) is 5.60. The number of hydrogen-bond acceptors (Lipinski definition) is 3. The first-order chi connectivity index (χ1) is 9.17. The van der Waals surface area contributed by atoms with Gasteiger partial charge in [-0.25, -0.2) is 8.42 Å². The second-order valence-corrected chi connectivity index (χ2v) is 9.08. The minimum absolute atomic E-state index is 0.100. The summed E-state index contributed by atoms with van der Waals surface area (Å²) < 4.78 is 24.0. The fourth-order valence-corrected chi connectivity index (χ4v) is 5.04. The van der Waals surface area contributed by atoms with Gasteiger partial charge < -0.3 is 5.32 Å². The molecule has 1 aromatic carbocycles. The van der Waals surface area contributed by atoms with E-state index in [1.165, 1.54) is 5.56 Å². The van der Waals surface area contributed by atoms with Crippen LogP contribution in [-0.2, 0) is 16.3 Å². The SMILES string of the molecule is CC(C)Cc1ccc(C2CS(=O)(=O)CC(C)(C)N2)cc1. The molecule has 1 aliphatic rings. The first-order valence-electron chi connectivity index (χ1n) is 7.24. The lowest BCUT2D eigenvalue weighted by molar-refractivity contribution is 0.359. The maximum absolute atomic E-state index is 12.0. The Labute approximate surface area is 122 Å². The van der Waals surface area contributed by atoms with Crippen molar-refractivity contribution in [1.82, 2.24) is 5.32 Å². The van der Waals surface area contributed by atoms with E-state index in [4.69, 9.17) is 0 Å². The quantitative estimate of drug-likeness (QED) is 0.932. The molecule has 1 saturated heterocycles. The molecular weight excluding hydrogens is 270 g/mol. The average molecular weight is 295 g/mol. The van der Waals surface area contributed by atoms with Crippen molar-refractivity contribution < 1.29 is 8.42 Å². The Kier molecular flexibility index (Phi) is 4.26. The van der Waals surface area contributed by atoms with Crippen LogP contribution in [0.2, 0.25) is 0 Å². The van der Waals surface area contributed by atoms with E-state index < -0.39 is 9.84 Å². The molecule has 0 aromatic heterocycles. The van der Waals surface area contributed by atoms with E-state index in [2.05, 4.69) is 43.4 Å². The van der Waals surface area contributed by atoms with E-state index in [-0.39, 0.29) is 23.1 Å². The summed E-state index contributed by atoms with van der Waals surface area (Å²) in [4.78, 5) is 0. The maximum Gasteiger partial charge on any atom is 0.153 e. The predicted octanol–water partition coefficient (Wildman–Crippen LogP) is 2.72. The molecule has 2 rings (SSSR count). The molecule has 0 aliphatic carbocycles. The molecule has 1 heterocycles. The standard InChI is InChI=1S/C16H25NO2S/c1-12(2)9-13-5-7-14(8-6-13)15-10-20(18,19)11-16(3,4)17-15/h5-8,12,15,17H,9-11H2,1-4H3. The Morgan fingerprint density at radius 1 is 1.25 bits per heavy atom. The van der Waals surface area contributed by atoms with Crippen LogP contribution in [0.1, 0.15) is 44.9 Å². The second kappa shape index (κ2) is 5.49. The zero-order chi connectivity index (χ0) is 15.0. The number of nitrogens with one attached hydrogen (secondary N) is 1. The molecule has 1 aliphatic heterocycles. The van der Waals surface area contributed by atoms with Gasteiger partial charge >= 0.3 is 0 Å². The summed E-state index contributed by atoms with van der Waals surface area (Å²) in [7, 11) is -2.98. The molecule has 0 saturated carbocycles. The van der Waals surface area contributed by atoms with E-state index in [1.807, 2.05) is 13.8 Å². The summed E-state index contributed by atoms with van der Waals surface area (Å²) >= 11 is 0. The van der Waals surface area contributed by atoms with Gasteiger partial charge in [0, 0.05) is 11.6 Å². The van der Waals surface area contributed by atoms with Crippen molar-refractivity contribution in [2.75, 3.05) is 11.5 Å². The molecule has 3 nitrogen and oxygen atoms in total. The highest BCUT2D eigenvalue weighted by Gasteiger charge is 2.36. The van der Waals surface area contributed by atoms with Gasteiger partial charge in [-0.2, -0.15) is 0 Å². The molecule has 0 spiro atoms. The molecule has 112 valence electrons. The molecule has 1 unspecified atom stereocenters. The van der Waals surface area contributed by atoms with Gasteiger partial charge in [0.05, 0.1) is 11.5 Å². The summed E-state index contributed by atoms with van der Waals surface area (Å²) in [6, 6.07) is 8.26. The molecule has 20 heavy (non-hydrogen) atoms. The number of hydrogen-bond donors (Lipinski definition) is 1. The zero-order valence-electron chi connectivity index (χ0n) is 12.8. The summed E-state index contributed by atoms with van der Waals surface area (Å²) in [5, 5.41) is 3.45. The number of benzene rings is 1. The van der Waals surface area contributed by atoms with Crippen LogP contribution in [0.4, 0.5) is 0 Å². The first-order valence-corrected chi connectivity index (χ1v) is 9.06. The van der Waals surface area contributed by atoms with E-state index >= 15 is 0 Å². The van der Waals surface area contributed by atoms with E-state index in [1.54, 1.807) is 0 Å². The maximum atomic E-state index is 12.0. The van der Waals surface area contributed by atoms with Crippen LogP contribution < -0.4 is 5.32 Å². The second-order valence-electron chi connectivity index (χ2n) is 6.97. The zero-order valence-corrected chi connectivity index (χ0v) is 13.6. The summed E-state index contributed by atoms with van der Waals surface area (Å²) in [5.41, 5.74) is 2.01. The molecule has 0 radical (unpaired) electrons. The lowest BCUT2D eigenvalue weighted by atomic mass is 9.98. The summed E-state index contributed by atoms with van der Waals surface area (Å²) in [6.45, 7) is 8.30. The van der Waals surface area contributed by atoms with Crippen LogP contribution in [0.5, 0.6) is 0 Å². The Hall–Kier alpha value is -0.870. The van der Waals surface area contributed by atoms with Crippen molar-refractivity contribution in [2.24, 2.45) is 5.92 Å². The predicted molar refractivity (Wildman–Crippen MR) is 83.6 cm³/mol. The topological polar surface area (TPSA) is 46.2 Å². The highest BCUT2D eigenvalue weighted by molar-refractivity contribution is 7.91. The molecule has 1 N–H and O–H groups in total. The monoisotopic (exact) mass is 295 g/mol. The fourth-order valence-electron chi connectivity index (χ4n) is 2.95.